The molecular formula is C17H17IN2O. The fraction of sp³-hybridized carbons (Fsp3) is 0.176. The highest BCUT2D eigenvalue weighted by molar-refractivity contribution is 14.1. The molecule has 0 aromatic heterocycles. The summed E-state index contributed by atoms with van der Waals surface area (Å²) in [4.78, 5) is 11.9. The van der Waals surface area contributed by atoms with Crippen molar-refractivity contribution in [2.75, 3.05) is 0 Å². The fourth-order valence-corrected chi connectivity index (χ4v) is 2.59. The van der Waals surface area contributed by atoms with Gasteiger partial charge in [0.25, 0.3) is 0 Å². The van der Waals surface area contributed by atoms with E-state index in [1.807, 2.05) is 50.2 Å². The van der Waals surface area contributed by atoms with Gasteiger partial charge in [-0.3, -0.25) is 4.79 Å². The third-order valence-electron chi connectivity index (χ3n) is 3.10. The molecule has 2 rings (SSSR count). The fourth-order valence-electron chi connectivity index (χ4n) is 2.02. The number of hydrogen-bond acceptors (Lipinski definition) is 2. The van der Waals surface area contributed by atoms with E-state index < -0.39 is 0 Å². The lowest BCUT2D eigenvalue weighted by Crippen LogP contribution is -2.20. The number of carbonyl (C=O) groups is 1. The van der Waals surface area contributed by atoms with Crippen molar-refractivity contribution in [3.63, 3.8) is 0 Å². The Hall–Kier alpha value is -1.69. The standard InChI is InChI=1S/C17H17IN2O/c1-12-6-7-15(13(2)8-12)10-17(21)20-19-11-14-4-3-5-16(18)9-14/h3-9,11H,10H2,1-2H3,(H,20,21)/b19-11+. The highest BCUT2D eigenvalue weighted by atomic mass is 127. The van der Waals surface area contributed by atoms with E-state index in [9.17, 15) is 4.79 Å². The first-order valence-electron chi connectivity index (χ1n) is 6.68. The summed E-state index contributed by atoms with van der Waals surface area (Å²) in [6.45, 7) is 4.06. The molecule has 0 aliphatic carbocycles. The van der Waals surface area contributed by atoms with E-state index in [0.717, 1.165) is 20.3 Å². The molecule has 1 N–H and O–H groups in total. The molecule has 0 radical (unpaired) electrons. The van der Waals surface area contributed by atoms with Gasteiger partial charge in [0.05, 0.1) is 12.6 Å². The largest absolute Gasteiger partial charge is 0.273 e. The Morgan fingerprint density at radius 3 is 2.76 bits per heavy atom. The summed E-state index contributed by atoms with van der Waals surface area (Å²) in [5, 5.41) is 4.00. The number of amides is 1. The molecule has 4 heteroatoms. The average molecular weight is 392 g/mol. The third kappa shape index (κ3) is 4.97. The predicted molar refractivity (Wildman–Crippen MR) is 94.5 cm³/mol. The van der Waals surface area contributed by atoms with Crippen LogP contribution in [0.2, 0.25) is 0 Å². The van der Waals surface area contributed by atoms with Gasteiger partial charge in [-0.15, -0.1) is 0 Å². The van der Waals surface area contributed by atoms with Crippen molar-refractivity contribution in [3.8, 4) is 0 Å². The molecule has 2 aromatic carbocycles. The number of hydrogen-bond donors (Lipinski definition) is 1. The topological polar surface area (TPSA) is 41.5 Å². The minimum absolute atomic E-state index is 0.108. The number of nitrogens with zero attached hydrogens (tertiary/aromatic N) is 1. The first-order valence-corrected chi connectivity index (χ1v) is 7.76. The van der Waals surface area contributed by atoms with Crippen LogP contribution >= 0.6 is 22.6 Å². The zero-order chi connectivity index (χ0) is 15.2. The molecule has 0 atom stereocenters. The van der Waals surface area contributed by atoms with Crippen LogP contribution in [-0.4, -0.2) is 12.1 Å². The van der Waals surface area contributed by atoms with Gasteiger partial charge in [0, 0.05) is 3.57 Å². The lowest BCUT2D eigenvalue weighted by atomic mass is 10.0. The Kier molecular flexibility index (Phi) is 5.50. The molecule has 0 heterocycles. The van der Waals surface area contributed by atoms with Crippen LogP contribution in [0.25, 0.3) is 0 Å². The van der Waals surface area contributed by atoms with Gasteiger partial charge in [0.1, 0.15) is 0 Å². The van der Waals surface area contributed by atoms with E-state index in [4.69, 9.17) is 0 Å². The Morgan fingerprint density at radius 1 is 1.24 bits per heavy atom. The second-order valence-electron chi connectivity index (χ2n) is 4.95. The minimum Gasteiger partial charge on any atom is -0.273 e. The number of benzene rings is 2. The minimum atomic E-state index is -0.108. The molecule has 2 aromatic rings. The summed E-state index contributed by atoms with van der Waals surface area (Å²) < 4.78 is 1.14. The maximum atomic E-state index is 11.9. The van der Waals surface area contributed by atoms with Crippen molar-refractivity contribution in [1.29, 1.82) is 0 Å². The van der Waals surface area contributed by atoms with Crippen molar-refractivity contribution in [2.45, 2.75) is 20.3 Å². The highest BCUT2D eigenvalue weighted by Crippen LogP contribution is 2.11. The summed E-state index contributed by atoms with van der Waals surface area (Å²) >= 11 is 2.24. The molecule has 0 saturated carbocycles. The van der Waals surface area contributed by atoms with Gasteiger partial charge < -0.3 is 0 Å². The lowest BCUT2D eigenvalue weighted by Gasteiger charge is -2.05. The van der Waals surface area contributed by atoms with E-state index in [1.165, 1.54) is 5.56 Å². The maximum absolute atomic E-state index is 11.9. The number of nitrogens with one attached hydrogen (secondary N) is 1. The van der Waals surface area contributed by atoms with Gasteiger partial charge in [-0.25, -0.2) is 5.43 Å². The molecule has 0 saturated heterocycles. The van der Waals surface area contributed by atoms with E-state index in [-0.39, 0.29) is 5.91 Å². The van der Waals surface area contributed by atoms with Crippen molar-refractivity contribution in [3.05, 3.63) is 68.3 Å². The molecule has 0 spiro atoms. The Morgan fingerprint density at radius 2 is 2.05 bits per heavy atom. The maximum Gasteiger partial charge on any atom is 0.244 e. The average Bonchev–Trinajstić information content (AvgIpc) is 2.42. The van der Waals surface area contributed by atoms with Gasteiger partial charge in [-0.2, -0.15) is 5.10 Å². The Bertz CT molecular complexity index is 680. The summed E-state index contributed by atoms with van der Waals surface area (Å²) in [5.74, 6) is -0.108. The van der Waals surface area contributed by atoms with Crippen molar-refractivity contribution in [2.24, 2.45) is 5.10 Å². The van der Waals surface area contributed by atoms with Crippen molar-refractivity contribution < 1.29 is 4.79 Å². The first-order chi connectivity index (χ1) is 10.0. The third-order valence-corrected chi connectivity index (χ3v) is 3.77. The molecule has 0 aliphatic heterocycles. The lowest BCUT2D eigenvalue weighted by molar-refractivity contribution is -0.120. The highest BCUT2D eigenvalue weighted by Gasteiger charge is 2.05. The van der Waals surface area contributed by atoms with Gasteiger partial charge in [-0.05, 0) is 65.3 Å². The summed E-state index contributed by atoms with van der Waals surface area (Å²) in [5.41, 5.74) is 6.90. The van der Waals surface area contributed by atoms with E-state index in [2.05, 4.69) is 39.2 Å². The number of hydrazone groups is 1. The molecule has 108 valence electrons. The van der Waals surface area contributed by atoms with Gasteiger partial charge >= 0.3 is 0 Å². The number of aryl methyl sites for hydroxylation is 2. The van der Waals surface area contributed by atoms with Crippen LogP contribution in [0.3, 0.4) is 0 Å². The van der Waals surface area contributed by atoms with Crippen LogP contribution < -0.4 is 5.43 Å². The molecule has 0 aliphatic rings. The summed E-state index contributed by atoms with van der Waals surface area (Å²) in [6.07, 6.45) is 2.00. The molecule has 0 fully saturated rings. The first kappa shape index (κ1) is 15.7. The van der Waals surface area contributed by atoms with Crippen LogP contribution in [0.15, 0.2) is 47.6 Å². The second kappa shape index (κ2) is 7.36. The summed E-state index contributed by atoms with van der Waals surface area (Å²) in [6, 6.07) is 14.0. The smallest absolute Gasteiger partial charge is 0.244 e. The Balaban J connectivity index is 1.93. The van der Waals surface area contributed by atoms with Crippen LogP contribution in [0.4, 0.5) is 0 Å². The van der Waals surface area contributed by atoms with Gasteiger partial charge in [-0.1, -0.05) is 35.9 Å². The van der Waals surface area contributed by atoms with Crippen LogP contribution in [0.1, 0.15) is 22.3 Å². The molecule has 21 heavy (non-hydrogen) atoms. The SMILES string of the molecule is Cc1ccc(CC(=O)N/N=C/c2cccc(I)c2)c(C)c1. The van der Waals surface area contributed by atoms with Gasteiger partial charge in [0.2, 0.25) is 5.91 Å². The number of rotatable bonds is 4. The van der Waals surface area contributed by atoms with E-state index >= 15 is 0 Å². The Labute approximate surface area is 138 Å². The van der Waals surface area contributed by atoms with E-state index in [0.29, 0.717) is 6.42 Å². The van der Waals surface area contributed by atoms with Gasteiger partial charge in [0.15, 0.2) is 0 Å². The molecule has 0 bridgehead atoms. The van der Waals surface area contributed by atoms with Crippen LogP contribution in [-0.2, 0) is 11.2 Å². The molecule has 0 unspecified atom stereocenters. The zero-order valence-electron chi connectivity index (χ0n) is 12.1. The predicted octanol–water partition coefficient (Wildman–Crippen LogP) is 3.60. The normalized spacial score (nSPS) is 10.8. The zero-order valence-corrected chi connectivity index (χ0v) is 14.2. The van der Waals surface area contributed by atoms with Crippen molar-refractivity contribution >= 4 is 34.7 Å². The molecular weight excluding hydrogens is 375 g/mol. The van der Waals surface area contributed by atoms with Crippen LogP contribution in [0, 0.1) is 17.4 Å². The quantitative estimate of drug-likeness (QED) is 0.482. The molecule has 1 amide bonds. The number of carbonyl (C=O) groups excluding carboxylic acids is 1. The van der Waals surface area contributed by atoms with Crippen LogP contribution in [0.5, 0.6) is 0 Å². The second-order valence-corrected chi connectivity index (χ2v) is 6.20. The summed E-state index contributed by atoms with van der Waals surface area (Å²) in [7, 11) is 0. The van der Waals surface area contributed by atoms with Crippen molar-refractivity contribution in [1.82, 2.24) is 5.43 Å². The monoisotopic (exact) mass is 392 g/mol. The molecule has 3 nitrogen and oxygen atoms in total. The van der Waals surface area contributed by atoms with E-state index in [1.54, 1.807) is 6.21 Å². The number of halogens is 1.